The van der Waals surface area contributed by atoms with E-state index in [1.807, 2.05) is 50.3 Å². The number of carboxylic acids is 1. The van der Waals surface area contributed by atoms with Gasteiger partial charge in [0, 0.05) is 10.4 Å². The molecule has 4 atom stereocenters. The van der Waals surface area contributed by atoms with Crippen LogP contribution in [0.1, 0.15) is 16.9 Å². The van der Waals surface area contributed by atoms with Gasteiger partial charge in [-0.25, -0.2) is 4.98 Å². The maximum Gasteiger partial charge on any atom is 0.307 e. The zero-order valence-electron chi connectivity index (χ0n) is 14.6. The number of rotatable bonds is 4. The van der Waals surface area contributed by atoms with E-state index in [4.69, 9.17) is 0 Å². The molecule has 1 aromatic heterocycles. The van der Waals surface area contributed by atoms with Gasteiger partial charge in [0.25, 0.3) is 0 Å². The largest absolute Gasteiger partial charge is 0.481 e. The maximum atomic E-state index is 12.8. The number of nitrogens with zero attached hydrogens (tertiary/aromatic N) is 1. The Hall–Kier alpha value is -2.47. The topological polar surface area (TPSA) is 79.3 Å². The van der Waals surface area contributed by atoms with Crippen LogP contribution in [0.5, 0.6) is 0 Å². The van der Waals surface area contributed by atoms with E-state index in [0.717, 1.165) is 22.6 Å². The number of allylic oxidation sites excluding steroid dienone is 2. The van der Waals surface area contributed by atoms with E-state index in [1.165, 1.54) is 16.9 Å². The molecule has 2 aliphatic rings. The van der Waals surface area contributed by atoms with Crippen molar-refractivity contribution in [3.63, 3.8) is 0 Å². The number of hydrogen-bond donors (Lipinski definition) is 2. The molecule has 0 radical (unpaired) electrons. The van der Waals surface area contributed by atoms with Gasteiger partial charge in [-0.15, -0.1) is 11.3 Å². The van der Waals surface area contributed by atoms with Crippen molar-refractivity contribution in [2.75, 3.05) is 5.32 Å². The van der Waals surface area contributed by atoms with Crippen molar-refractivity contribution in [3.8, 4) is 11.3 Å². The van der Waals surface area contributed by atoms with E-state index in [9.17, 15) is 14.7 Å². The van der Waals surface area contributed by atoms with Gasteiger partial charge in [-0.3, -0.25) is 9.59 Å². The summed E-state index contributed by atoms with van der Waals surface area (Å²) in [4.78, 5) is 30.0. The van der Waals surface area contributed by atoms with Crippen LogP contribution in [0.4, 0.5) is 5.13 Å². The van der Waals surface area contributed by atoms with Crippen LogP contribution in [0.15, 0.2) is 36.4 Å². The molecular weight excluding hydrogens is 348 g/mol. The molecule has 1 amide bonds. The molecule has 0 aliphatic heterocycles. The Bertz CT molecular complexity index is 900. The van der Waals surface area contributed by atoms with Crippen LogP contribution in [0.25, 0.3) is 11.3 Å². The number of benzene rings is 1. The first-order chi connectivity index (χ1) is 12.4. The van der Waals surface area contributed by atoms with Crippen LogP contribution >= 0.6 is 11.3 Å². The van der Waals surface area contributed by atoms with Crippen molar-refractivity contribution in [2.24, 2.45) is 23.7 Å². The Morgan fingerprint density at radius 2 is 1.77 bits per heavy atom. The first kappa shape index (κ1) is 17.0. The van der Waals surface area contributed by atoms with Crippen molar-refractivity contribution >= 4 is 28.3 Å². The third kappa shape index (κ3) is 2.84. The Kier molecular flexibility index (Phi) is 4.15. The van der Waals surface area contributed by atoms with Gasteiger partial charge in [-0.1, -0.05) is 42.0 Å². The van der Waals surface area contributed by atoms with E-state index in [0.29, 0.717) is 5.13 Å². The summed E-state index contributed by atoms with van der Waals surface area (Å²) in [5, 5.41) is 12.9. The standard InChI is InChI=1S/C20H20N2O3S/c1-10-3-5-12(6-4-10)17-11(2)26-20(21-17)22-18(23)15-13-7-8-14(9-13)16(15)19(24)25/h3-8,13-16H,9H2,1-2H3,(H,24,25)(H,21,22,23)/t13-,14-,15+,16-/m0/s1. The summed E-state index contributed by atoms with van der Waals surface area (Å²) in [6.45, 7) is 4.01. The van der Waals surface area contributed by atoms with Gasteiger partial charge in [0.15, 0.2) is 5.13 Å². The van der Waals surface area contributed by atoms with Gasteiger partial charge in [-0.2, -0.15) is 0 Å². The average Bonchev–Trinajstić information content (AvgIpc) is 3.29. The molecule has 0 saturated heterocycles. The summed E-state index contributed by atoms with van der Waals surface area (Å²) in [5.41, 5.74) is 3.04. The summed E-state index contributed by atoms with van der Waals surface area (Å²) in [5.74, 6) is -2.30. The highest BCUT2D eigenvalue weighted by atomic mass is 32.1. The molecule has 5 nitrogen and oxygen atoms in total. The molecule has 1 aromatic carbocycles. The number of aromatic nitrogens is 1. The molecular formula is C20H20N2O3S. The molecule has 1 fully saturated rings. The number of aryl methyl sites for hydroxylation is 2. The predicted molar refractivity (Wildman–Crippen MR) is 101 cm³/mol. The highest BCUT2D eigenvalue weighted by Crippen LogP contribution is 2.48. The number of hydrogen-bond acceptors (Lipinski definition) is 4. The zero-order valence-corrected chi connectivity index (χ0v) is 15.4. The van der Waals surface area contributed by atoms with Gasteiger partial charge >= 0.3 is 5.97 Å². The van der Waals surface area contributed by atoms with Crippen molar-refractivity contribution in [1.29, 1.82) is 0 Å². The minimum absolute atomic E-state index is 0.0127. The quantitative estimate of drug-likeness (QED) is 0.803. The SMILES string of the molecule is Cc1ccc(-c2nc(NC(=O)[C@H]3[C@@H](C(=O)O)[C@H]4C=C[C@H]3C4)sc2C)cc1. The highest BCUT2D eigenvalue weighted by Gasteiger charge is 2.51. The second-order valence-corrected chi connectivity index (χ2v) is 8.32. The van der Waals surface area contributed by atoms with E-state index in [-0.39, 0.29) is 17.7 Å². The molecule has 1 heterocycles. The molecule has 2 N–H and O–H groups in total. The third-order valence-corrected chi connectivity index (χ3v) is 6.29. The fourth-order valence-electron chi connectivity index (χ4n) is 4.13. The van der Waals surface area contributed by atoms with E-state index < -0.39 is 17.8 Å². The number of nitrogens with one attached hydrogen (secondary N) is 1. The summed E-state index contributed by atoms with van der Waals surface area (Å²) < 4.78 is 0. The van der Waals surface area contributed by atoms with Gasteiger partial charge < -0.3 is 10.4 Å². The highest BCUT2D eigenvalue weighted by molar-refractivity contribution is 7.16. The summed E-state index contributed by atoms with van der Waals surface area (Å²) in [7, 11) is 0. The van der Waals surface area contributed by atoms with E-state index >= 15 is 0 Å². The smallest absolute Gasteiger partial charge is 0.307 e. The minimum Gasteiger partial charge on any atom is -0.481 e. The molecule has 2 aliphatic carbocycles. The van der Waals surface area contributed by atoms with Crippen LogP contribution in [0.3, 0.4) is 0 Å². The Balaban J connectivity index is 1.55. The number of anilines is 1. The first-order valence-corrected chi connectivity index (χ1v) is 9.52. The number of aliphatic carboxylic acids is 1. The molecule has 26 heavy (non-hydrogen) atoms. The average molecular weight is 368 g/mol. The molecule has 2 bridgehead atoms. The predicted octanol–water partition coefficient (Wildman–Crippen LogP) is 3.89. The molecule has 0 unspecified atom stereocenters. The number of amides is 1. The minimum atomic E-state index is -0.891. The third-order valence-electron chi connectivity index (χ3n) is 5.40. The van der Waals surface area contributed by atoms with Crippen molar-refractivity contribution in [3.05, 3.63) is 46.9 Å². The van der Waals surface area contributed by atoms with Crippen LogP contribution in [0, 0.1) is 37.5 Å². The Labute approximate surface area is 155 Å². The molecule has 0 spiro atoms. The lowest BCUT2D eigenvalue weighted by atomic mass is 9.82. The number of fused-ring (bicyclic) bond motifs is 2. The molecule has 4 rings (SSSR count). The van der Waals surface area contributed by atoms with Crippen molar-refractivity contribution in [1.82, 2.24) is 4.98 Å². The van der Waals surface area contributed by atoms with Gasteiger partial charge in [0.2, 0.25) is 5.91 Å². The molecule has 134 valence electrons. The lowest BCUT2D eigenvalue weighted by molar-refractivity contribution is -0.146. The first-order valence-electron chi connectivity index (χ1n) is 8.70. The summed E-state index contributed by atoms with van der Waals surface area (Å²) in [6, 6.07) is 8.10. The van der Waals surface area contributed by atoms with Gasteiger partial charge in [0.05, 0.1) is 17.5 Å². The van der Waals surface area contributed by atoms with E-state index in [2.05, 4.69) is 10.3 Å². The second-order valence-electron chi connectivity index (χ2n) is 7.12. The van der Waals surface area contributed by atoms with Crippen LogP contribution in [-0.4, -0.2) is 22.0 Å². The van der Waals surface area contributed by atoms with Crippen molar-refractivity contribution < 1.29 is 14.7 Å². The summed E-state index contributed by atoms with van der Waals surface area (Å²) in [6.07, 6.45) is 4.68. The molecule has 2 aromatic rings. The van der Waals surface area contributed by atoms with Crippen molar-refractivity contribution in [2.45, 2.75) is 20.3 Å². The van der Waals surface area contributed by atoms with Crippen LogP contribution in [0.2, 0.25) is 0 Å². The van der Waals surface area contributed by atoms with Crippen LogP contribution in [-0.2, 0) is 9.59 Å². The normalized spacial score (nSPS) is 26.2. The fraction of sp³-hybridized carbons (Fsp3) is 0.350. The second kappa shape index (κ2) is 6.36. The summed E-state index contributed by atoms with van der Waals surface area (Å²) >= 11 is 1.42. The van der Waals surface area contributed by atoms with Gasteiger partial charge in [-0.05, 0) is 32.1 Å². The number of carboxylic acid groups (broad SMARTS) is 1. The molecule has 1 saturated carbocycles. The maximum absolute atomic E-state index is 12.8. The monoisotopic (exact) mass is 368 g/mol. The lowest BCUT2D eigenvalue weighted by Gasteiger charge is -2.23. The number of thiazole rings is 1. The Morgan fingerprint density at radius 3 is 2.42 bits per heavy atom. The van der Waals surface area contributed by atoms with Crippen LogP contribution < -0.4 is 5.32 Å². The zero-order chi connectivity index (χ0) is 18.4. The van der Waals surface area contributed by atoms with Gasteiger partial charge in [0.1, 0.15) is 0 Å². The Morgan fingerprint density at radius 1 is 1.12 bits per heavy atom. The van der Waals surface area contributed by atoms with E-state index in [1.54, 1.807) is 0 Å². The molecule has 6 heteroatoms. The number of carbonyl (C=O) groups excluding carboxylic acids is 1. The lowest BCUT2D eigenvalue weighted by Crippen LogP contribution is -2.36. The number of carbonyl (C=O) groups is 2. The fourth-order valence-corrected chi connectivity index (χ4v) is 4.97.